The normalized spacial score (nSPS) is 18.3. The number of carbonyl (C=O) groups is 1. The predicted molar refractivity (Wildman–Crippen MR) is 74.5 cm³/mol. The zero-order valence-electron chi connectivity index (χ0n) is 10.8. The molecule has 0 spiro atoms. The van der Waals surface area contributed by atoms with Gasteiger partial charge in [0.1, 0.15) is 0 Å². The largest absolute Gasteiger partial charge is 0.350 e. The summed E-state index contributed by atoms with van der Waals surface area (Å²) in [5.74, 6) is -0.00407. The van der Waals surface area contributed by atoms with Gasteiger partial charge in [0.15, 0.2) is 0 Å². The van der Waals surface area contributed by atoms with Gasteiger partial charge in [-0.2, -0.15) is 0 Å². The van der Waals surface area contributed by atoms with E-state index in [1.807, 2.05) is 13.0 Å². The van der Waals surface area contributed by atoms with Gasteiger partial charge in [-0.15, -0.1) is 11.3 Å². The Labute approximate surface area is 112 Å². The standard InChI is InChI=1S/C13H19N3OS/c1-10-14-9-12(18-10)3-4-13(17)15-11-5-7-16(2)8-6-11/h3-4,9,11H,5-8H2,1-2H3,(H,15,17)/b4-3+. The maximum absolute atomic E-state index is 11.7. The molecular formula is C13H19N3OS. The smallest absolute Gasteiger partial charge is 0.244 e. The second-order valence-corrected chi connectivity index (χ2v) is 5.97. The molecule has 98 valence electrons. The molecule has 0 radical (unpaired) electrons. The van der Waals surface area contributed by atoms with Crippen molar-refractivity contribution in [3.63, 3.8) is 0 Å². The second kappa shape index (κ2) is 6.11. The molecule has 1 aliphatic rings. The van der Waals surface area contributed by atoms with Crippen LogP contribution in [0.1, 0.15) is 22.7 Å². The van der Waals surface area contributed by atoms with E-state index in [2.05, 4.69) is 22.2 Å². The molecule has 18 heavy (non-hydrogen) atoms. The van der Waals surface area contributed by atoms with Crippen molar-refractivity contribution >= 4 is 23.3 Å². The minimum absolute atomic E-state index is 0.00407. The molecular weight excluding hydrogens is 246 g/mol. The molecule has 0 aromatic carbocycles. The summed E-state index contributed by atoms with van der Waals surface area (Å²) in [7, 11) is 2.12. The van der Waals surface area contributed by atoms with Gasteiger partial charge in [-0.05, 0) is 46.0 Å². The van der Waals surface area contributed by atoms with Crippen molar-refractivity contribution < 1.29 is 4.79 Å². The highest BCUT2D eigenvalue weighted by Crippen LogP contribution is 2.13. The highest BCUT2D eigenvalue weighted by atomic mass is 32.1. The number of nitrogens with one attached hydrogen (secondary N) is 1. The SMILES string of the molecule is Cc1ncc(/C=C/C(=O)NC2CCN(C)CC2)s1. The van der Waals surface area contributed by atoms with Crippen LogP contribution in [0.3, 0.4) is 0 Å². The van der Waals surface area contributed by atoms with E-state index in [0.717, 1.165) is 35.8 Å². The molecule has 0 saturated carbocycles. The summed E-state index contributed by atoms with van der Waals surface area (Å²) >= 11 is 1.59. The van der Waals surface area contributed by atoms with Gasteiger partial charge in [0.2, 0.25) is 5.91 Å². The van der Waals surface area contributed by atoms with E-state index in [9.17, 15) is 4.79 Å². The average Bonchev–Trinajstić information content (AvgIpc) is 2.76. The topological polar surface area (TPSA) is 45.2 Å². The van der Waals surface area contributed by atoms with Crippen molar-refractivity contribution in [2.45, 2.75) is 25.8 Å². The Morgan fingerprint density at radius 2 is 2.28 bits per heavy atom. The molecule has 2 heterocycles. The molecule has 0 bridgehead atoms. The molecule has 1 aliphatic heterocycles. The van der Waals surface area contributed by atoms with E-state index in [0.29, 0.717) is 6.04 Å². The van der Waals surface area contributed by atoms with Crippen LogP contribution in [-0.2, 0) is 4.79 Å². The van der Waals surface area contributed by atoms with Crippen LogP contribution in [0.2, 0.25) is 0 Å². The first-order chi connectivity index (χ1) is 8.63. The molecule has 1 amide bonds. The van der Waals surface area contributed by atoms with Crippen molar-refractivity contribution in [2.24, 2.45) is 0 Å². The van der Waals surface area contributed by atoms with Crippen LogP contribution in [0.4, 0.5) is 0 Å². The lowest BCUT2D eigenvalue weighted by Gasteiger charge is -2.29. The van der Waals surface area contributed by atoms with Crippen molar-refractivity contribution in [1.29, 1.82) is 0 Å². The van der Waals surface area contributed by atoms with Gasteiger partial charge in [-0.3, -0.25) is 4.79 Å². The molecule has 1 fully saturated rings. The van der Waals surface area contributed by atoms with Crippen LogP contribution < -0.4 is 5.32 Å². The Kier molecular flexibility index (Phi) is 4.49. The number of rotatable bonds is 3. The molecule has 1 saturated heterocycles. The summed E-state index contributed by atoms with van der Waals surface area (Å²) < 4.78 is 0. The van der Waals surface area contributed by atoms with Crippen LogP contribution in [0.15, 0.2) is 12.3 Å². The number of thiazole rings is 1. The summed E-state index contributed by atoms with van der Waals surface area (Å²) in [6.07, 6.45) is 7.30. The maximum atomic E-state index is 11.7. The quantitative estimate of drug-likeness (QED) is 0.846. The summed E-state index contributed by atoms with van der Waals surface area (Å²) in [4.78, 5) is 19.2. The lowest BCUT2D eigenvalue weighted by atomic mass is 10.1. The number of likely N-dealkylation sites (tertiary alicyclic amines) is 1. The van der Waals surface area contributed by atoms with E-state index in [1.165, 1.54) is 0 Å². The fourth-order valence-electron chi connectivity index (χ4n) is 2.01. The minimum Gasteiger partial charge on any atom is -0.350 e. The van der Waals surface area contributed by atoms with E-state index >= 15 is 0 Å². The molecule has 1 N–H and O–H groups in total. The van der Waals surface area contributed by atoms with E-state index < -0.39 is 0 Å². The molecule has 5 heteroatoms. The third kappa shape index (κ3) is 3.92. The van der Waals surface area contributed by atoms with Gasteiger partial charge in [0.25, 0.3) is 0 Å². The van der Waals surface area contributed by atoms with Crippen LogP contribution in [-0.4, -0.2) is 42.0 Å². The highest BCUT2D eigenvalue weighted by molar-refractivity contribution is 7.12. The Morgan fingerprint density at radius 3 is 2.89 bits per heavy atom. The van der Waals surface area contributed by atoms with Crippen LogP contribution in [0.25, 0.3) is 6.08 Å². The summed E-state index contributed by atoms with van der Waals surface area (Å²) in [5.41, 5.74) is 0. The Balaban J connectivity index is 1.80. The minimum atomic E-state index is -0.00407. The van der Waals surface area contributed by atoms with Crippen LogP contribution >= 0.6 is 11.3 Å². The van der Waals surface area contributed by atoms with Crippen molar-refractivity contribution in [2.75, 3.05) is 20.1 Å². The fourth-order valence-corrected chi connectivity index (χ4v) is 2.70. The van der Waals surface area contributed by atoms with E-state index in [4.69, 9.17) is 0 Å². The summed E-state index contributed by atoms with van der Waals surface area (Å²) in [6.45, 7) is 4.08. The molecule has 2 rings (SSSR count). The first kappa shape index (κ1) is 13.2. The van der Waals surface area contributed by atoms with Gasteiger partial charge >= 0.3 is 0 Å². The van der Waals surface area contributed by atoms with Crippen LogP contribution in [0.5, 0.6) is 0 Å². The average molecular weight is 265 g/mol. The monoisotopic (exact) mass is 265 g/mol. The first-order valence-electron chi connectivity index (χ1n) is 6.23. The number of aryl methyl sites for hydroxylation is 1. The molecule has 0 unspecified atom stereocenters. The predicted octanol–water partition coefficient (Wildman–Crippen LogP) is 1.68. The van der Waals surface area contributed by atoms with Crippen molar-refractivity contribution in [3.05, 3.63) is 22.2 Å². The number of aromatic nitrogens is 1. The zero-order valence-corrected chi connectivity index (χ0v) is 11.7. The first-order valence-corrected chi connectivity index (χ1v) is 7.04. The second-order valence-electron chi connectivity index (χ2n) is 4.70. The van der Waals surface area contributed by atoms with Crippen LogP contribution in [0, 0.1) is 6.92 Å². The zero-order chi connectivity index (χ0) is 13.0. The highest BCUT2D eigenvalue weighted by Gasteiger charge is 2.17. The van der Waals surface area contributed by atoms with Gasteiger partial charge in [-0.25, -0.2) is 4.98 Å². The van der Waals surface area contributed by atoms with Gasteiger partial charge < -0.3 is 10.2 Å². The number of nitrogens with zero attached hydrogens (tertiary/aromatic N) is 2. The van der Waals surface area contributed by atoms with Gasteiger partial charge in [-0.1, -0.05) is 0 Å². The number of hydrogen-bond acceptors (Lipinski definition) is 4. The third-order valence-corrected chi connectivity index (χ3v) is 3.98. The third-order valence-electron chi connectivity index (χ3n) is 3.10. The summed E-state index contributed by atoms with van der Waals surface area (Å²) in [5, 5.41) is 4.07. The summed E-state index contributed by atoms with van der Waals surface area (Å²) in [6, 6.07) is 0.321. The fraction of sp³-hybridized carbons (Fsp3) is 0.538. The maximum Gasteiger partial charge on any atom is 0.244 e. The number of amides is 1. The Bertz CT molecular complexity index is 433. The van der Waals surface area contributed by atoms with Crippen molar-refractivity contribution in [1.82, 2.24) is 15.2 Å². The molecule has 0 aliphatic carbocycles. The number of piperidine rings is 1. The number of carbonyl (C=O) groups excluding carboxylic acids is 1. The Morgan fingerprint density at radius 1 is 1.56 bits per heavy atom. The Hall–Kier alpha value is -1.20. The van der Waals surface area contributed by atoms with Gasteiger partial charge in [0, 0.05) is 23.2 Å². The van der Waals surface area contributed by atoms with E-state index in [-0.39, 0.29) is 5.91 Å². The molecule has 4 nitrogen and oxygen atoms in total. The molecule has 1 aromatic rings. The van der Waals surface area contributed by atoms with E-state index in [1.54, 1.807) is 23.6 Å². The molecule has 0 atom stereocenters. The van der Waals surface area contributed by atoms with Gasteiger partial charge in [0.05, 0.1) is 5.01 Å². The van der Waals surface area contributed by atoms with Crippen molar-refractivity contribution in [3.8, 4) is 0 Å². The number of hydrogen-bond donors (Lipinski definition) is 1. The lowest BCUT2D eigenvalue weighted by molar-refractivity contribution is -0.117. The lowest BCUT2D eigenvalue weighted by Crippen LogP contribution is -2.42. The molecule has 1 aromatic heterocycles.